The Bertz CT molecular complexity index is 671. The van der Waals surface area contributed by atoms with Crippen LogP contribution in [-0.4, -0.2) is 14.9 Å². The lowest BCUT2D eigenvalue weighted by Crippen LogP contribution is -2.04. The Morgan fingerprint density at radius 1 is 1.29 bits per heavy atom. The molecule has 21 heavy (non-hydrogen) atoms. The lowest BCUT2D eigenvalue weighted by Gasteiger charge is -2.07. The number of hydrogen-bond donors (Lipinski definition) is 1. The van der Waals surface area contributed by atoms with E-state index >= 15 is 0 Å². The van der Waals surface area contributed by atoms with Gasteiger partial charge in [0.1, 0.15) is 16.2 Å². The van der Waals surface area contributed by atoms with E-state index in [0.717, 1.165) is 34.7 Å². The number of rotatable bonds is 5. The highest BCUT2D eigenvalue weighted by Crippen LogP contribution is 2.38. The molecule has 108 valence electrons. The van der Waals surface area contributed by atoms with Crippen LogP contribution in [0.1, 0.15) is 30.1 Å². The Kier molecular flexibility index (Phi) is 3.83. The second-order valence-electron chi connectivity index (χ2n) is 4.99. The predicted molar refractivity (Wildman–Crippen MR) is 82.1 cm³/mol. The minimum atomic E-state index is -0.402. The molecule has 1 aliphatic rings. The van der Waals surface area contributed by atoms with Crippen molar-refractivity contribution in [2.75, 3.05) is 5.32 Å². The van der Waals surface area contributed by atoms with Gasteiger partial charge in [-0.3, -0.25) is 10.1 Å². The lowest BCUT2D eigenvalue weighted by atomic mass is 10.2. The van der Waals surface area contributed by atoms with Crippen LogP contribution in [0.3, 0.4) is 0 Å². The van der Waals surface area contributed by atoms with Gasteiger partial charge in [-0.25, -0.2) is 9.97 Å². The molecule has 1 fully saturated rings. The van der Waals surface area contributed by atoms with Crippen molar-refractivity contribution in [1.82, 2.24) is 9.97 Å². The summed E-state index contributed by atoms with van der Waals surface area (Å²) < 4.78 is 0.769. The number of nitro groups is 1. The van der Waals surface area contributed by atoms with Crippen molar-refractivity contribution in [3.05, 3.63) is 56.4 Å². The van der Waals surface area contributed by atoms with Gasteiger partial charge in [-0.1, -0.05) is 12.1 Å². The molecule has 3 rings (SSSR count). The van der Waals surface area contributed by atoms with Crippen molar-refractivity contribution in [2.45, 2.75) is 25.3 Å². The summed E-state index contributed by atoms with van der Waals surface area (Å²) in [4.78, 5) is 19.1. The molecule has 1 aromatic carbocycles. The first-order valence-corrected chi connectivity index (χ1v) is 7.43. The van der Waals surface area contributed by atoms with E-state index in [1.54, 1.807) is 12.1 Å². The van der Waals surface area contributed by atoms with E-state index in [9.17, 15) is 10.1 Å². The molecule has 2 aromatic rings. The topological polar surface area (TPSA) is 81.0 Å². The number of nitrogens with zero attached hydrogens (tertiary/aromatic N) is 3. The van der Waals surface area contributed by atoms with E-state index in [1.807, 2.05) is 6.07 Å². The number of hydrogen-bond acceptors (Lipinski definition) is 5. The summed E-state index contributed by atoms with van der Waals surface area (Å²) in [6.45, 7) is 0.561. The molecule has 1 heterocycles. The summed E-state index contributed by atoms with van der Waals surface area (Å²) in [7, 11) is 0. The Hall–Kier alpha value is -2.02. The average molecular weight is 349 g/mol. The highest BCUT2D eigenvalue weighted by atomic mass is 79.9. The zero-order valence-electron chi connectivity index (χ0n) is 11.1. The molecular weight excluding hydrogens is 336 g/mol. The normalized spacial score (nSPS) is 14.0. The summed E-state index contributed by atoms with van der Waals surface area (Å²) in [5.41, 5.74) is 1.06. The van der Waals surface area contributed by atoms with Gasteiger partial charge in [-0.05, 0) is 34.3 Å². The van der Waals surface area contributed by atoms with Crippen molar-refractivity contribution >= 4 is 27.4 Å². The van der Waals surface area contributed by atoms with E-state index in [4.69, 9.17) is 0 Å². The lowest BCUT2D eigenvalue weighted by molar-refractivity contribution is -0.384. The third-order valence-electron chi connectivity index (χ3n) is 3.28. The first-order valence-electron chi connectivity index (χ1n) is 6.63. The monoisotopic (exact) mass is 348 g/mol. The van der Waals surface area contributed by atoms with E-state index < -0.39 is 4.92 Å². The van der Waals surface area contributed by atoms with Crippen LogP contribution in [0.25, 0.3) is 0 Å². The van der Waals surface area contributed by atoms with Gasteiger partial charge in [0, 0.05) is 30.7 Å². The van der Waals surface area contributed by atoms with E-state index in [-0.39, 0.29) is 5.69 Å². The Morgan fingerprint density at radius 2 is 2.00 bits per heavy atom. The van der Waals surface area contributed by atoms with Crippen molar-refractivity contribution in [3.8, 4) is 0 Å². The second kappa shape index (κ2) is 5.77. The summed E-state index contributed by atoms with van der Waals surface area (Å²) in [6, 6.07) is 8.31. The molecule has 0 amide bonds. The minimum absolute atomic E-state index is 0.0968. The van der Waals surface area contributed by atoms with Crippen LogP contribution in [0.5, 0.6) is 0 Å². The van der Waals surface area contributed by atoms with Gasteiger partial charge in [0.2, 0.25) is 0 Å². The molecule has 0 saturated heterocycles. The fourth-order valence-corrected chi connectivity index (χ4v) is 2.38. The van der Waals surface area contributed by atoms with E-state index in [2.05, 4.69) is 31.2 Å². The molecule has 0 spiro atoms. The summed E-state index contributed by atoms with van der Waals surface area (Å²) in [5.74, 6) is 2.12. The predicted octanol–water partition coefficient (Wildman–Crippen LogP) is 3.64. The third-order valence-corrected chi connectivity index (χ3v) is 3.68. The third kappa shape index (κ3) is 3.55. The van der Waals surface area contributed by atoms with E-state index in [0.29, 0.717) is 12.5 Å². The minimum Gasteiger partial charge on any atom is -0.366 e. The molecule has 1 saturated carbocycles. The molecule has 7 heteroatoms. The van der Waals surface area contributed by atoms with Crippen molar-refractivity contribution < 1.29 is 4.92 Å². The average Bonchev–Trinajstić information content (AvgIpc) is 3.29. The van der Waals surface area contributed by atoms with Crippen LogP contribution in [0.15, 0.2) is 34.9 Å². The fourth-order valence-electron chi connectivity index (χ4n) is 1.98. The molecule has 0 bridgehead atoms. The van der Waals surface area contributed by atoms with Gasteiger partial charge in [0.15, 0.2) is 0 Å². The smallest absolute Gasteiger partial charge is 0.269 e. The number of nitrogens with one attached hydrogen (secondary N) is 1. The van der Waals surface area contributed by atoms with Crippen LogP contribution in [0.4, 0.5) is 11.5 Å². The number of halogens is 1. The number of aromatic nitrogens is 2. The summed E-state index contributed by atoms with van der Waals surface area (Å²) >= 11 is 3.39. The molecule has 0 unspecified atom stereocenters. The van der Waals surface area contributed by atoms with Gasteiger partial charge < -0.3 is 5.32 Å². The Balaban J connectivity index is 1.68. The zero-order valence-corrected chi connectivity index (χ0v) is 12.7. The molecule has 0 aliphatic heterocycles. The van der Waals surface area contributed by atoms with Crippen molar-refractivity contribution in [3.63, 3.8) is 0 Å². The van der Waals surface area contributed by atoms with Crippen LogP contribution < -0.4 is 5.32 Å². The first-order chi connectivity index (χ1) is 10.1. The van der Waals surface area contributed by atoms with Gasteiger partial charge >= 0.3 is 0 Å². The number of non-ortho nitro benzene ring substituents is 1. The number of benzene rings is 1. The molecular formula is C14H13BrN4O2. The molecule has 1 aliphatic carbocycles. The maximum absolute atomic E-state index is 10.6. The number of anilines is 1. The van der Waals surface area contributed by atoms with Gasteiger partial charge in [0.25, 0.3) is 5.69 Å². The molecule has 1 N–H and O–H groups in total. The molecule has 1 aromatic heterocycles. The van der Waals surface area contributed by atoms with Crippen LogP contribution in [-0.2, 0) is 6.54 Å². The van der Waals surface area contributed by atoms with Gasteiger partial charge in [-0.15, -0.1) is 0 Å². The van der Waals surface area contributed by atoms with E-state index in [1.165, 1.54) is 12.1 Å². The summed E-state index contributed by atoms with van der Waals surface area (Å²) in [5, 5.41) is 13.8. The molecule has 0 atom stereocenters. The largest absolute Gasteiger partial charge is 0.366 e. The maximum Gasteiger partial charge on any atom is 0.269 e. The first kappa shape index (κ1) is 13.9. The Morgan fingerprint density at radius 3 is 2.62 bits per heavy atom. The van der Waals surface area contributed by atoms with Crippen LogP contribution in [0, 0.1) is 10.1 Å². The highest BCUT2D eigenvalue weighted by Gasteiger charge is 2.27. The highest BCUT2D eigenvalue weighted by molar-refractivity contribution is 9.10. The Labute approximate surface area is 129 Å². The quantitative estimate of drug-likeness (QED) is 0.506. The second-order valence-corrected chi connectivity index (χ2v) is 5.80. The van der Waals surface area contributed by atoms with Gasteiger partial charge in [0.05, 0.1) is 4.92 Å². The van der Waals surface area contributed by atoms with Crippen LogP contribution >= 0.6 is 15.9 Å². The van der Waals surface area contributed by atoms with Crippen molar-refractivity contribution in [1.29, 1.82) is 0 Å². The summed E-state index contributed by atoms with van der Waals surface area (Å²) in [6.07, 6.45) is 2.30. The van der Waals surface area contributed by atoms with Gasteiger partial charge in [-0.2, -0.15) is 0 Å². The van der Waals surface area contributed by atoms with Crippen LogP contribution in [0.2, 0.25) is 0 Å². The van der Waals surface area contributed by atoms with Crippen molar-refractivity contribution in [2.24, 2.45) is 0 Å². The molecule has 6 nitrogen and oxygen atoms in total. The zero-order chi connectivity index (χ0) is 14.8. The fraction of sp³-hybridized carbons (Fsp3) is 0.286. The molecule has 0 radical (unpaired) electrons. The number of nitro benzene ring substituents is 1. The SMILES string of the molecule is O=[N+]([O-])c1ccc(CNc2cc(Br)nc(C3CC3)n2)cc1. The maximum atomic E-state index is 10.6. The standard InChI is InChI=1S/C14H13BrN4O2/c15-12-7-13(18-14(17-12)10-3-4-10)16-8-9-1-5-11(6-2-9)19(20)21/h1-2,5-7,10H,3-4,8H2,(H,16,17,18).